The van der Waals surface area contributed by atoms with Gasteiger partial charge in [0.2, 0.25) is 26.0 Å². The number of amides is 2. The SMILES string of the molecule is CN1CCN(C(=O)C(Cc2ccccc2)NS(=O)(=O)c2ccc(NC(=O)c3cc(S(=O)(=O)N4CCc5ccccc5C4)cc(O)c3O)cc2)CC1. The zero-order valence-electron chi connectivity index (χ0n) is 27.9. The van der Waals surface area contributed by atoms with Crippen molar-refractivity contribution in [1.29, 1.82) is 0 Å². The Hall–Kier alpha value is -4.80. The Morgan fingerprint density at radius 1 is 0.784 bits per heavy atom. The number of carbonyl (C=O) groups is 2. The number of nitrogens with zero attached hydrogens (tertiary/aromatic N) is 3. The average Bonchev–Trinajstić information content (AvgIpc) is 3.12. The number of carbonyl (C=O) groups excluding carboxylic acids is 2. The van der Waals surface area contributed by atoms with Crippen molar-refractivity contribution in [3.8, 4) is 11.5 Å². The van der Waals surface area contributed by atoms with Gasteiger partial charge in [0.05, 0.1) is 15.4 Å². The second kappa shape index (κ2) is 14.8. The molecule has 4 aromatic carbocycles. The number of anilines is 1. The molecule has 2 aliphatic heterocycles. The molecule has 15 heteroatoms. The lowest BCUT2D eigenvalue weighted by molar-refractivity contribution is -0.134. The molecule has 4 N–H and O–H groups in total. The highest BCUT2D eigenvalue weighted by Crippen LogP contribution is 2.35. The van der Waals surface area contributed by atoms with Crippen LogP contribution in [0, 0.1) is 0 Å². The van der Waals surface area contributed by atoms with E-state index in [4.69, 9.17) is 0 Å². The molecule has 6 rings (SSSR count). The minimum absolute atomic E-state index is 0.114. The summed E-state index contributed by atoms with van der Waals surface area (Å²) < 4.78 is 58.0. The van der Waals surface area contributed by atoms with Crippen molar-refractivity contribution >= 4 is 37.5 Å². The first-order chi connectivity index (χ1) is 24.3. The molecule has 2 heterocycles. The predicted molar refractivity (Wildman–Crippen MR) is 190 cm³/mol. The molecule has 1 unspecified atom stereocenters. The van der Waals surface area contributed by atoms with E-state index >= 15 is 0 Å². The van der Waals surface area contributed by atoms with Gasteiger partial charge >= 0.3 is 0 Å². The number of phenolic OH excluding ortho intramolecular Hbond substituents is 2. The smallest absolute Gasteiger partial charge is 0.259 e. The van der Waals surface area contributed by atoms with Gasteiger partial charge in [-0.3, -0.25) is 9.59 Å². The lowest BCUT2D eigenvalue weighted by Gasteiger charge is -2.34. The van der Waals surface area contributed by atoms with Crippen molar-refractivity contribution in [2.75, 3.05) is 45.1 Å². The first-order valence-electron chi connectivity index (χ1n) is 16.4. The summed E-state index contributed by atoms with van der Waals surface area (Å²) in [6.07, 6.45) is 0.643. The number of fused-ring (bicyclic) bond motifs is 1. The first kappa shape index (κ1) is 36.0. The quantitative estimate of drug-likeness (QED) is 0.179. The Balaban J connectivity index is 1.17. The molecule has 1 fully saturated rings. The van der Waals surface area contributed by atoms with Crippen LogP contribution < -0.4 is 10.0 Å². The fourth-order valence-corrected chi connectivity index (χ4v) is 8.84. The highest BCUT2D eigenvalue weighted by atomic mass is 32.2. The van der Waals surface area contributed by atoms with E-state index in [0.29, 0.717) is 32.6 Å². The van der Waals surface area contributed by atoms with Crippen LogP contribution in [0.5, 0.6) is 11.5 Å². The van der Waals surface area contributed by atoms with Crippen LogP contribution in [0.4, 0.5) is 5.69 Å². The number of likely N-dealkylation sites (N-methyl/N-ethyl adjacent to an activating group) is 1. The van der Waals surface area contributed by atoms with Crippen LogP contribution in [0.3, 0.4) is 0 Å². The molecule has 51 heavy (non-hydrogen) atoms. The molecule has 0 aromatic heterocycles. The second-order valence-electron chi connectivity index (χ2n) is 12.7. The summed E-state index contributed by atoms with van der Waals surface area (Å²) in [5, 5.41) is 23.5. The van der Waals surface area contributed by atoms with Crippen LogP contribution in [0.25, 0.3) is 0 Å². The lowest BCUT2D eigenvalue weighted by Crippen LogP contribution is -2.54. The topological polar surface area (TPSA) is 177 Å². The molecular formula is C36H39N5O8S2. The summed E-state index contributed by atoms with van der Waals surface area (Å²) in [7, 11) is -6.40. The summed E-state index contributed by atoms with van der Waals surface area (Å²) in [4.78, 5) is 30.1. The Morgan fingerprint density at radius 2 is 1.43 bits per heavy atom. The molecule has 0 aliphatic carbocycles. The van der Waals surface area contributed by atoms with Crippen molar-refractivity contribution in [3.05, 3.63) is 113 Å². The number of hydrogen-bond acceptors (Lipinski definition) is 9. The molecule has 2 aliphatic rings. The number of nitrogens with one attached hydrogen (secondary N) is 2. The van der Waals surface area contributed by atoms with Crippen LogP contribution >= 0.6 is 0 Å². The van der Waals surface area contributed by atoms with Gasteiger partial charge in [0, 0.05) is 51.0 Å². The Morgan fingerprint density at radius 3 is 2.12 bits per heavy atom. The third kappa shape index (κ3) is 8.08. The number of piperazine rings is 1. The van der Waals surface area contributed by atoms with Gasteiger partial charge in [-0.1, -0.05) is 54.6 Å². The van der Waals surface area contributed by atoms with Crippen LogP contribution in [0.1, 0.15) is 27.0 Å². The van der Waals surface area contributed by atoms with Gasteiger partial charge in [-0.15, -0.1) is 0 Å². The monoisotopic (exact) mass is 733 g/mol. The van der Waals surface area contributed by atoms with E-state index in [-0.39, 0.29) is 40.9 Å². The molecular weight excluding hydrogens is 695 g/mol. The minimum atomic E-state index is -4.20. The van der Waals surface area contributed by atoms with Crippen molar-refractivity contribution in [1.82, 2.24) is 18.8 Å². The van der Waals surface area contributed by atoms with Crippen molar-refractivity contribution in [3.63, 3.8) is 0 Å². The standard InChI is InChI=1S/C36H39N5O8S2/c1-39-17-19-40(20-18-39)36(45)32(21-25-7-3-2-4-8-25)38-50(46,47)29-13-11-28(12-14-29)37-35(44)31-22-30(23-33(42)34(31)43)51(48,49)41-16-15-26-9-5-6-10-27(26)24-41/h2-14,22-23,32,38,42-43H,15-21,24H2,1H3,(H,37,44). The molecule has 0 saturated carbocycles. The normalized spacial score (nSPS) is 16.3. The van der Waals surface area contributed by atoms with Crippen molar-refractivity contribution < 1.29 is 36.6 Å². The molecule has 268 valence electrons. The molecule has 0 spiro atoms. The predicted octanol–water partition coefficient (Wildman–Crippen LogP) is 2.76. The summed E-state index contributed by atoms with van der Waals surface area (Å²) in [5.74, 6) is -2.86. The second-order valence-corrected chi connectivity index (χ2v) is 16.3. The Labute approximate surface area is 297 Å². The maximum absolute atomic E-state index is 13.6. The number of rotatable bonds is 10. The van der Waals surface area contributed by atoms with E-state index in [0.717, 1.165) is 28.8 Å². The summed E-state index contributed by atoms with van der Waals surface area (Å²) in [6.45, 7) is 2.62. The van der Waals surface area contributed by atoms with E-state index in [1.807, 2.05) is 61.6 Å². The molecule has 0 bridgehead atoms. The van der Waals surface area contributed by atoms with Crippen molar-refractivity contribution in [2.24, 2.45) is 0 Å². The maximum atomic E-state index is 13.6. The van der Waals surface area contributed by atoms with Gasteiger partial charge < -0.3 is 25.3 Å². The molecule has 4 aromatic rings. The van der Waals surface area contributed by atoms with Gasteiger partial charge in [0.15, 0.2) is 11.5 Å². The van der Waals surface area contributed by atoms with E-state index in [2.05, 4.69) is 14.9 Å². The van der Waals surface area contributed by atoms with Gasteiger partial charge in [-0.2, -0.15) is 9.03 Å². The average molecular weight is 734 g/mol. The number of benzene rings is 4. The first-order valence-corrected chi connectivity index (χ1v) is 19.3. The van der Waals surface area contributed by atoms with Gasteiger partial charge in [0.1, 0.15) is 6.04 Å². The number of phenols is 2. The highest BCUT2D eigenvalue weighted by molar-refractivity contribution is 7.89. The fraction of sp³-hybridized carbons (Fsp3) is 0.278. The van der Waals surface area contributed by atoms with E-state index in [1.165, 1.54) is 28.6 Å². The van der Waals surface area contributed by atoms with E-state index in [1.54, 1.807) is 4.90 Å². The van der Waals surface area contributed by atoms with Gasteiger partial charge in [0.25, 0.3) is 5.91 Å². The van der Waals surface area contributed by atoms with Crippen LogP contribution in [-0.4, -0.2) is 98.8 Å². The molecule has 2 amide bonds. The third-order valence-corrected chi connectivity index (χ3v) is 12.5. The van der Waals surface area contributed by atoms with Crippen LogP contribution in [0.15, 0.2) is 101 Å². The fourth-order valence-electron chi connectivity index (χ4n) is 6.19. The maximum Gasteiger partial charge on any atom is 0.259 e. The summed E-state index contributed by atoms with van der Waals surface area (Å²) in [6, 6.07) is 22.6. The summed E-state index contributed by atoms with van der Waals surface area (Å²) >= 11 is 0. The van der Waals surface area contributed by atoms with E-state index in [9.17, 15) is 36.6 Å². The zero-order valence-corrected chi connectivity index (χ0v) is 29.5. The molecule has 13 nitrogen and oxygen atoms in total. The lowest BCUT2D eigenvalue weighted by atomic mass is 10.0. The minimum Gasteiger partial charge on any atom is -0.504 e. The number of aromatic hydroxyl groups is 2. The molecule has 0 radical (unpaired) electrons. The number of hydrogen-bond donors (Lipinski definition) is 4. The largest absolute Gasteiger partial charge is 0.504 e. The zero-order chi connectivity index (χ0) is 36.3. The Bertz CT molecular complexity index is 2140. The highest BCUT2D eigenvalue weighted by Gasteiger charge is 2.32. The molecule has 1 saturated heterocycles. The van der Waals surface area contributed by atoms with Gasteiger partial charge in [-0.05, 0) is 66.9 Å². The van der Waals surface area contributed by atoms with E-state index < -0.39 is 49.1 Å². The third-order valence-electron chi connectivity index (χ3n) is 9.16. The van der Waals surface area contributed by atoms with Gasteiger partial charge in [-0.25, -0.2) is 16.8 Å². The van der Waals surface area contributed by atoms with Crippen molar-refractivity contribution in [2.45, 2.75) is 35.2 Å². The summed E-state index contributed by atoms with van der Waals surface area (Å²) in [5.41, 5.74) is 2.32. The van der Waals surface area contributed by atoms with Crippen LogP contribution in [-0.2, 0) is 44.2 Å². The Kier molecular flexibility index (Phi) is 10.5. The molecule has 1 atom stereocenters. The van der Waals surface area contributed by atoms with Crippen LogP contribution in [0.2, 0.25) is 0 Å². The number of sulfonamides is 2.